The van der Waals surface area contributed by atoms with E-state index in [9.17, 15) is 18.0 Å². The highest BCUT2D eigenvalue weighted by molar-refractivity contribution is 7.07. The Bertz CT molecular complexity index is 651. The lowest BCUT2D eigenvalue weighted by Gasteiger charge is -2.11. The van der Waals surface area contributed by atoms with E-state index in [1.807, 2.05) is 0 Å². The summed E-state index contributed by atoms with van der Waals surface area (Å²) in [5, 5.41) is 6.75. The molecule has 0 amide bonds. The molecule has 0 unspecified atom stereocenters. The summed E-state index contributed by atoms with van der Waals surface area (Å²) in [6, 6.07) is 0.811. The number of halogens is 3. The van der Waals surface area contributed by atoms with Crippen molar-refractivity contribution in [3.63, 3.8) is 0 Å². The Morgan fingerprint density at radius 1 is 1.40 bits per heavy atom. The van der Waals surface area contributed by atoms with E-state index in [0.717, 1.165) is 17.4 Å². The smallest absolute Gasteiger partial charge is 0.364 e. The highest BCUT2D eigenvalue weighted by atomic mass is 32.1. The van der Waals surface area contributed by atoms with Crippen LogP contribution in [-0.2, 0) is 12.7 Å². The average Bonchev–Trinajstić information content (AvgIpc) is 2.81. The number of anilines is 2. The van der Waals surface area contributed by atoms with Gasteiger partial charge < -0.3 is 15.6 Å². The molecular formula is C10H10F3N5OS. The largest absolute Gasteiger partial charge is 0.433 e. The van der Waals surface area contributed by atoms with Crippen molar-refractivity contribution in [1.29, 1.82) is 0 Å². The molecule has 0 atom stereocenters. The molecule has 20 heavy (non-hydrogen) atoms. The van der Waals surface area contributed by atoms with E-state index in [4.69, 9.17) is 0 Å². The van der Waals surface area contributed by atoms with E-state index in [1.54, 1.807) is 5.38 Å². The van der Waals surface area contributed by atoms with Gasteiger partial charge in [-0.05, 0) is 0 Å². The van der Waals surface area contributed by atoms with Gasteiger partial charge in [0, 0.05) is 24.2 Å². The number of H-pyrrole nitrogens is 1. The molecule has 3 N–H and O–H groups in total. The van der Waals surface area contributed by atoms with Gasteiger partial charge in [-0.15, -0.1) is 0 Å². The van der Waals surface area contributed by atoms with Crippen LogP contribution in [0.5, 0.6) is 0 Å². The second-order valence-electron chi connectivity index (χ2n) is 3.74. The summed E-state index contributed by atoms with van der Waals surface area (Å²) >= 11 is 0.978. The second-order valence-corrected chi connectivity index (χ2v) is 4.58. The molecule has 0 spiro atoms. The van der Waals surface area contributed by atoms with Crippen LogP contribution in [0.4, 0.5) is 24.9 Å². The predicted molar refractivity (Wildman–Crippen MR) is 68.8 cm³/mol. The molecule has 0 fully saturated rings. The summed E-state index contributed by atoms with van der Waals surface area (Å²) in [5.74, 6) is -0.120. The maximum absolute atomic E-state index is 12.7. The van der Waals surface area contributed by atoms with Crippen LogP contribution < -0.4 is 15.5 Å². The standard InChI is InChI=1S/C10H10F3N5OS/c1-14-8-17-6(10(11,12)13)2-7(18-8)15-3-5-4-20-9(19)16-5/h2,4H,3H2,1H3,(H,16,19)(H2,14,15,17,18). The van der Waals surface area contributed by atoms with Crippen LogP contribution in [0, 0.1) is 0 Å². The van der Waals surface area contributed by atoms with Gasteiger partial charge >= 0.3 is 11.0 Å². The number of alkyl halides is 3. The Balaban J connectivity index is 2.20. The van der Waals surface area contributed by atoms with Gasteiger partial charge in [-0.1, -0.05) is 11.3 Å². The maximum atomic E-state index is 12.7. The highest BCUT2D eigenvalue weighted by Crippen LogP contribution is 2.29. The first-order valence-electron chi connectivity index (χ1n) is 5.43. The Labute approximate surface area is 115 Å². The lowest BCUT2D eigenvalue weighted by molar-refractivity contribution is -0.141. The average molecular weight is 305 g/mol. The summed E-state index contributed by atoms with van der Waals surface area (Å²) in [5.41, 5.74) is -0.476. The van der Waals surface area contributed by atoms with Gasteiger partial charge in [-0.2, -0.15) is 18.2 Å². The molecule has 0 aliphatic rings. The van der Waals surface area contributed by atoms with Crippen molar-refractivity contribution in [2.75, 3.05) is 17.7 Å². The second kappa shape index (κ2) is 5.49. The number of rotatable bonds is 4. The SMILES string of the molecule is CNc1nc(NCc2csc(=O)[nH]2)cc(C(F)(F)F)n1. The van der Waals surface area contributed by atoms with Crippen molar-refractivity contribution in [2.45, 2.75) is 12.7 Å². The first-order chi connectivity index (χ1) is 9.38. The Morgan fingerprint density at radius 2 is 2.15 bits per heavy atom. The quantitative estimate of drug-likeness (QED) is 0.803. The van der Waals surface area contributed by atoms with Crippen LogP contribution in [0.25, 0.3) is 0 Å². The molecule has 0 aromatic carbocycles. The normalized spacial score (nSPS) is 11.4. The summed E-state index contributed by atoms with van der Waals surface area (Å²) in [6.45, 7) is 0.163. The van der Waals surface area contributed by atoms with Crippen molar-refractivity contribution < 1.29 is 13.2 Å². The van der Waals surface area contributed by atoms with Crippen molar-refractivity contribution in [3.8, 4) is 0 Å². The highest BCUT2D eigenvalue weighted by Gasteiger charge is 2.33. The van der Waals surface area contributed by atoms with Crippen molar-refractivity contribution in [2.24, 2.45) is 0 Å². The summed E-state index contributed by atoms with van der Waals surface area (Å²) in [4.78, 5) is 20.5. The zero-order valence-corrected chi connectivity index (χ0v) is 11.0. The minimum Gasteiger partial charge on any atom is -0.364 e. The molecular weight excluding hydrogens is 295 g/mol. The zero-order chi connectivity index (χ0) is 14.8. The van der Waals surface area contributed by atoms with Crippen LogP contribution in [-0.4, -0.2) is 22.0 Å². The monoisotopic (exact) mass is 305 g/mol. The Hall–Kier alpha value is -2.10. The van der Waals surface area contributed by atoms with Crippen molar-refractivity contribution in [3.05, 3.63) is 32.5 Å². The molecule has 0 aliphatic carbocycles. The van der Waals surface area contributed by atoms with Gasteiger partial charge in [0.2, 0.25) is 5.95 Å². The first kappa shape index (κ1) is 14.3. The predicted octanol–water partition coefficient (Wildman–Crippen LogP) is 1.90. The number of nitrogens with one attached hydrogen (secondary N) is 3. The van der Waals surface area contributed by atoms with Crippen LogP contribution in [0.2, 0.25) is 0 Å². The van der Waals surface area contributed by atoms with E-state index in [1.165, 1.54) is 7.05 Å². The number of nitrogens with zero attached hydrogens (tertiary/aromatic N) is 2. The molecule has 2 aromatic heterocycles. The lowest BCUT2D eigenvalue weighted by Crippen LogP contribution is -2.13. The van der Waals surface area contributed by atoms with Crippen LogP contribution >= 0.6 is 11.3 Å². The van der Waals surface area contributed by atoms with E-state index < -0.39 is 11.9 Å². The minimum atomic E-state index is -4.55. The molecule has 2 heterocycles. The molecule has 0 aliphatic heterocycles. The number of aromatic nitrogens is 3. The molecule has 0 saturated carbocycles. The Kier molecular flexibility index (Phi) is 3.93. The summed E-state index contributed by atoms with van der Waals surface area (Å²) in [6.07, 6.45) is -4.55. The van der Waals surface area contributed by atoms with Crippen molar-refractivity contribution >= 4 is 23.1 Å². The molecule has 0 bridgehead atoms. The number of hydrogen-bond acceptors (Lipinski definition) is 6. The van der Waals surface area contributed by atoms with E-state index in [-0.39, 0.29) is 23.2 Å². The van der Waals surface area contributed by atoms with Crippen molar-refractivity contribution in [1.82, 2.24) is 15.0 Å². The molecule has 2 aromatic rings. The van der Waals surface area contributed by atoms with Crippen LogP contribution in [0.1, 0.15) is 11.4 Å². The molecule has 2 rings (SSSR count). The lowest BCUT2D eigenvalue weighted by atomic mass is 10.3. The molecule has 0 saturated heterocycles. The maximum Gasteiger partial charge on any atom is 0.433 e. The number of hydrogen-bond donors (Lipinski definition) is 3. The number of thiazole rings is 1. The van der Waals surface area contributed by atoms with Crippen LogP contribution in [0.3, 0.4) is 0 Å². The first-order valence-corrected chi connectivity index (χ1v) is 6.31. The fourth-order valence-corrected chi connectivity index (χ4v) is 1.96. The third-order valence-corrected chi connectivity index (χ3v) is 2.99. The third kappa shape index (κ3) is 3.47. The third-order valence-electron chi connectivity index (χ3n) is 2.27. The summed E-state index contributed by atoms with van der Waals surface area (Å²) < 4.78 is 38.0. The van der Waals surface area contributed by atoms with Crippen LogP contribution in [0.15, 0.2) is 16.2 Å². The fourth-order valence-electron chi connectivity index (χ4n) is 1.38. The molecule has 0 radical (unpaired) electrons. The van der Waals surface area contributed by atoms with Gasteiger partial charge in [-0.3, -0.25) is 4.79 Å². The van der Waals surface area contributed by atoms with Gasteiger partial charge in [-0.25, -0.2) is 4.98 Å². The van der Waals surface area contributed by atoms with E-state index in [0.29, 0.717) is 5.69 Å². The minimum absolute atomic E-state index is 0.0173. The fraction of sp³-hybridized carbons (Fsp3) is 0.300. The van der Waals surface area contributed by atoms with Gasteiger partial charge in [0.25, 0.3) is 0 Å². The van der Waals surface area contributed by atoms with Gasteiger partial charge in [0.1, 0.15) is 5.82 Å². The topological polar surface area (TPSA) is 82.7 Å². The van der Waals surface area contributed by atoms with E-state index >= 15 is 0 Å². The number of aromatic amines is 1. The molecule has 6 nitrogen and oxygen atoms in total. The molecule has 108 valence electrons. The van der Waals surface area contributed by atoms with Gasteiger partial charge in [0.05, 0.1) is 6.54 Å². The zero-order valence-electron chi connectivity index (χ0n) is 10.2. The molecule has 10 heteroatoms. The van der Waals surface area contributed by atoms with Gasteiger partial charge in [0.15, 0.2) is 5.69 Å². The summed E-state index contributed by atoms with van der Waals surface area (Å²) in [7, 11) is 1.43. The Morgan fingerprint density at radius 3 is 2.70 bits per heavy atom. The van der Waals surface area contributed by atoms with E-state index in [2.05, 4.69) is 25.6 Å².